The van der Waals surface area contributed by atoms with Gasteiger partial charge in [-0.3, -0.25) is 14.7 Å². The van der Waals surface area contributed by atoms with Gasteiger partial charge in [-0.05, 0) is 29.7 Å². The van der Waals surface area contributed by atoms with E-state index in [1.54, 1.807) is 11.8 Å². The fraction of sp³-hybridized carbons (Fsp3) is 0.273. The van der Waals surface area contributed by atoms with Crippen molar-refractivity contribution in [3.05, 3.63) is 77.6 Å². The summed E-state index contributed by atoms with van der Waals surface area (Å²) in [4.78, 5) is 30.9. The lowest BCUT2D eigenvalue weighted by molar-refractivity contribution is -0.128. The molecule has 2 N–H and O–H groups in total. The van der Waals surface area contributed by atoms with E-state index in [0.29, 0.717) is 18.5 Å². The average molecular weight is 422 g/mol. The van der Waals surface area contributed by atoms with E-state index in [4.69, 9.17) is 0 Å². The van der Waals surface area contributed by atoms with Crippen LogP contribution in [0.1, 0.15) is 40.4 Å². The Bertz CT molecular complexity index is 977. The van der Waals surface area contributed by atoms with E-state index in [1.165, 1.54) is 6.33 Å². The van der Waals surface area contributed by atoms with Crippen molar-refractivity contribution in [2.24, 2.45) is 0 Å². The second kappa shape index (κ2) is 9.58. The number of benzene rings is 2. The van der Waals surface area contributed by atoms with Gasteiger partial charge in [0.15, 0.2) is 5.16 Å². The molecule has 0 bridgehead atoms. The molecule has 1 fully saturated rings. The Balaban J connectivity index is 1.41. The maximum Gasteiger partial charge on any atom is 0.251 e. The minimum absolute atomic E-state index is 0.148. The number of likely N-dealkylation sites (tertiary alicyclic amines) is 1. The SMILES string of the molecule is O=C(NC(CN1CCCC1=O)c1ccccc1)c1ccc(CSc2ncn[nH]2)cc1. The zero-order valence-electron chi connectivity index (χ0n) is 16.5. The Labute approximate surface area is 179 Å². The summed E-state index contributed by atoms with van der Waals surface area (Å²) in [6.45, 7) is 1.23. The van der Waals surface area contributed by atoms with Crippen molar-refractivity contribution >= 4 is 23.6 Å². The first kappa shape index (κ1) is 20.2. The Kier molecular flexibility index (Phi) is 6.44. The Morgan fingerprint density at radius 3 is 2.63 bits per heavy atom. The van der Waals surface area contributed by atoms with Crippen molar-refractivity contribution in [1.82, 2.24) is 25.4 Å². The molecule has 0 aliphatic carbocycles. The van der Waals surface area contributed by atoms with Crippen molar-refractivity contribution in [2.75, 3.05) is 13.1 Å². The van der Waals surface area contributed by atoms with Crippen molar-refractivity contribution in [1.29, 1.82) is 0 Å². The van der Waals surface area contributed by atoms with Crippen molar-refractivity contribution in [3.63, 3.8) is 0 Å². The molecule has 7 nitrogen and oxygen atoms in total. The van der Waals surface area contributed by atoms with Crippen LogP contribution in [0.15, 0.2) is 66.1 Å². The molecule has 0 spiro atoms. The molecule has 3 aromatic rings. The van der Waals surface area contributed by atoms with E-state index in [0.717, 1.165) is 35.0 Å². The van der Waals surface area contributed by atoms with Gasteiger partial charge in [0.1, 0.15) is 6.33 Å². The summed E-state index contributed by atoms with van der Waals surface area (Å²) in [6, 6.07) is 17.1. The van der Waals surface area contributed by atoms with Crippen molar-refractivity contribution in [2.45, 2.75) is 29.8 Å². The van der Waals surface area contributed by atoms with Crippen molar-refractivity contribution < 1.29 is 9.59 Å². The van der Waals surface area contributed by atoms with Crippen molar-refractivity contribution in [3.8, 4) is 0 Å². The van der Waals surface area contributed by atoms with Crippen LogP contribution in [0.2, 0.25) is 0 Å². The molecule has 0 radical (unpaired) electrons. The highest BCUT2D eigenvalue weighted by Gasteiger charge is 2.25. The van der Waals surface area contributed by atoms with Gasteiger partial charge in [-0.25, -0.2) is 4.98 Å². The van der Waals surface area contributed by atoms with Gasteiger partial charge in [-0.15, -0.1) is 0 Å². The number of aromatic nitrogens is 3. The lowest BCUT2D eigenvalue weighted by atomic mass is 10.1. The van der Waals surface area contributed by atoms with Crippen LogP contribution in [0.5, 0.6) is 0 Å². The monoisotopic (exact) mass is 421 g/mol. The fourth-order valence-corrected chi connectivity index (χ4v) is 4.18. The molecule has 1 aromatic heterocycles. The van der Waals surface area contributed by atoms with Crippen LogP contribution in [0.3, 0.4) is 0 Å². The maximum absolute atomic E-state index is 12.9. The van der Waals surface area contributed by atoms with Crippen LogP contribution in [-0.2, 0) is 10.5 Å². The number of amides is 2. The van der Waals surface area contributed by atoms with E-state index in [1.807, 2.05) is 59.5 Å². The molecular weight excluding hydrogens is 398 g/mol. The summed E-state index contributed by atoms with van der Waals surface area (Å²) in [5.74, 6) is 0.740. The number of aromatic amines is 1. The number of nitrogens with zero attached hydrogens (tertiary/aromatic N) is 3. The van der Waals surface area contributed by atoms with Gasteiger partial charge in [0, 0.05) is 30.8 Å². The van der Waals surface area contributed by atoms with Gasteiger partial charge in [-0.2, -0.15) is 5.10 Å². The van der Waals surface area contributed by atoms with Gasteiger partial charge in [0.25, 0.3) is 5.91 Å². The molecule has 8 heteroatoms. The predicted octanol–water partition coefficient (Wildman–Crippen LogP) is 3.19. The quantitative estimate of drug-likeness (QED) is 0.545. The molecule has 1 unspecified atom stereocenters. The number of carbonyl (C=O) groups is 2. The third-order valence-electron chi connectivity index (χ3n) is 5.07. The highest BCUT2D eigenvalue weighted by molar-refractivity contribution is 7.98. The number of nitrogens with one attached hydrogen (secondary N) is 2. The van der Waals surface area contributed by atoms with Gasteiger partial charge < -0.3 is 10.2 Å². The third-order valence-corrected chi connectivity index (χ3v) is 6.01. The first-order valence-electron chi connectivity index (χ1n) is 9.90. The molecule has 30 heavy (non-hydrogen) atoms. The van der Waals surface area contributed by atoms with Gasteiger partial charge in [0.2, 0.25) is 5.91 Å². The van der Waals surface area contributed by atoms with Crippen LogP contribution >= 0.6 is 11.8 Å². The topological polar surface area (TPSA) is 91.0 Å². The maximum atomic E-state index is 12.9. The summed E-state index contributed by atoms with van der Waals surface area (Å²) < 4.78 is 0. The number of H-pyrrole nitrogens is 1. The van der Waals surface area contributed by atoms with Gasteiger partial charge in [-0.1, -0.05) is 54.2 Å². The third kappa shape index (κ3) is 5.07. The van der Waals surface area contributed by atoms with E-state index < -0.39 is 0 Å². The molecule has 0 saturated carbocycles. The zero-order valence-corrected chi connectivity index (χ0v) is 17.3. The molecular formula is C22H23N5O2S. The highest BCUT2D eigenvalue weighted by atomic mass is 32.2. The van der Waals surface area contributed by atoms with E-state index in [9.17, 15) is 9.59 Å². The number of hydrogen-bond acceptors (Lipinski definition) is 5. The average Bonchev–Trinajstić information content (AvgIpc) is 3.45. The number of thioether (sulfide) groups is 1. The summed E-state index contributed by atoms with van der Waals surface area (Å²) in [5.41, 5.74) is 2.68. The summed E-state index contributed by atoms with van der Waals surface area (Å²) >= 11 is 1.55. The molecule has 2 amide bonds. The molecule has 154 valence electrons. The molecule has 1 aliphatic heterocycles. The minimum Gasteiger partial charge on any atom is -0.343 e. The largest absolute Gasteiger partial charge is 0.343 e. The van der Waals surface area contributed by atoms with Crippen LogP contribution in [0, 0.1) is 0 Å². The Hall–Kier alpha value is -3.13. The fourth-order valence-electron chi connectivity index (χ4n) is 3.45. The standard InChI is InChI=1S/C22H23N5O2S/c28-20-7-4-12-27(20)13-19(17-5-2-1-3-6-17)25-21(29)18-10-8-16(9-11-18)14-30-22-23-15-24-26-22/h1-3,5-6,8-11,15,19H,4,7,12-14H2,(H,25,29)(H,23,24,26). The minimum atomic E-state index is -0.248. The van der Waals surface area contributed by atoms with E-state index >= 15 is 0 Å². The van der Waals surface area contributed by atoms with Crippen LogP contribution in [-0.4, -0.2) is 45.0 Å². The molecule has 1 atom stereocenters. The molecule has 2 heterocycles. The Morgan fingerprint density at radius 1 is 1.17 bits per heavy atom. The Morgan fingerprint density at radius 2 is 1.97 bits per heavy atom. The summed E-state index contributed by atoms with van der Waals surface area (Å²) in [5, 5.41) is 10.5. The van der Waals surface area contributed by atoms with Crippen LogP contribution in [0.4, 0.5) is 0 Å². The molecule has 1 saturated heterocycles. The molecule has 1 aliphatic rings. The summed E-state index contributed by atoms with van der Waals surface area (Å²) in [7, 11) is 0. The van der Waals surface area contributed by atoms with Crippen LogP contribution < -0.4 is 5.32 Å². The lowest BCUT2D eigenvalue weighted by Gasteiger charge is -2.25. The molecule has 4 rings (SSSR count). The first-order chi connectivity index (χ1) is 14.7. The second-order valence-corrected chi connectivity index (χ2v) is 8.12. The smallest absolute Gasteiger partial charge is 0.251 e. The van der Waals surface area contributed by atoms with Crippen LogP contribution in [0.25, 0.3) is 0 Å². The van der Waals surface area contributed by atoms with Gasteiger partial charge >= 0.3 is 0 Å². The second-order valence-electron chi connectivity index (χ2n) is 7.16. The van der Waals surface area contributed by atoms with E-state index in [2.05, 4.69) is 20.5 Å². The first-order valence-corrected chi connectivity index (χ1v) is 10.9. The normalized spacial score (nSPS) is 14.7. The predicted molar refractivity (Wildman–Crippen MR) is 115 cm³/mol. The highest BCUT2D eigenvalue weighted by Crippen LogP contribution is 2.21. The lowest BCUT2D eigenvalue weighted by Crippen LogP contribution is -2.38. The van der Waals surface area contributed by atoms with Gasteiger partial charge in [0.05, 0.1) is 6.04 Å². The number of carbonyl (C=O) groups excluding carboxylic acids is 2. The zero-order chi connectivity index (χ0) is 20.8. The molecule has 2 aromatic carbocycles. The summed E-state index contributed by atoms with van der Waals surface area (Å²) in [6.07, 6.45) is 2.94. The van der Waals surface area contributed by atoms with E-state index in [-0.39, 0.29) is 17.9 Å². The number of rotatable bonds is 8. The number of hydrogen-bond donors (Lipinski definition) is 2.